The topological polar surface area (TPSA) is 50.3 Å². The van der Waals surface area contributed by atoms with Crippen LogP contribution in [0.3, 0.4) is 0 Å². The van der Waals surface area contributed by atoms with E-state index in [1.165, 1.54) is 0 Å². The van der Waals surface area contributed by atoms with Gasteiger partial charge in [-0.2, -0.15) is 4.98 Å². The number of piperazine rings is 1. The number of hydrogen-bond donors (Lipinski definition) is 1. The van der Waals surface area contributed by atoms with E-state index in [1.54, 1.807) is 0 Å². The van der Waals surface area contributed by atoms with E-state index in [0.717, 1.165) is 31.3 Å². The summed E-state index contributed by atoms with van der Waals surface area (Å²) < 4.78 is 5.66. The van der Waals surface area contributed by atoms with Crippen molar-refractivity contribution in [3.8, 4) is 5.88 Å². The molecular formula is C13H22N4O. The molecule has 1 aromatic rings. The molecule has 0 saturated carbocycles. The molecule has 1 aliphatic rings. The Morgan fingerprint density at radius 3 is 2.89 bits per heavy atom. The van der Waals surface area contributed by atoms with E-state index >= 15 is 0 Å². The van der Waals surface area contributed by atoms with Crippen LogP contribution >= 0.6 is 0 Å². The predicted molar refractivity (Wildman–Crippen MR) is 72.2 cm³/mol. The maximum Gasteiger partial charge on any atom is 0.228 e. The van der Waals surface area contributed by atoms with Gasteiger partial charge >= 0.3 is 0 Å². The fourth-order valence-electron chi connectivity index (χ4n) is 2.08. The van der Waals surface area contributed by atoms with Gasteiger partial charge in [-0.05, 0) is 27.7 Å². The predicted octanol–water partition coefficient (Wildman–Crippen LogP) is 1.37. The van der Waals surface area contributed by atoms with Crippen molar-refractivity contribution < 1.29 is 4.74 Å². The molecule has 2 rings (SSSR count). The average molecular weight is 250 g/mol. The first kappa shape index (κ1) is 13.1. The number of aromatic nitrogens is 2. The van der Waals surface area contributed by atoms with Crippen molar-refractivity contribution in [2.75, 3.05) is 24.5 Å². The lowest BCUT2D eigenvalue weighted by molar-refractivity contribution is 0.232. The van der Waals surface area contributed by atoms with Gasteiger partial charge in [0, 0.05) is 37.4 Å². The van der Waals surface area contributed by atoms with Crippen LogP contribution in [0.25, 0.3) is 0 Å². The van der Waals surface area contributed by atoms with Gasteiger partial charge in [-0.15, -0.1) is 0 Å². The number of hydrogen-bond acceptors (Lipinski definition) is 5. The number of rotatable bonds is 3. The summed E-state index contributed by atoms with van der Waals surface area (Å²) in [7, 11) is 0. The zero-order chi connectivity index (χ0) is 13.1. The first-order valence-electron chi connectivity index (χ1n) is 6.55. The number of aryl methyl sites for hydroxylation is 1. The van der Waals surface area contributed by atoms with Gasteiger partial charge in [0.05, 0.1) is 6.10 Å². The molecule has 0 radical (unpaired) electrons. The van der Waals surface area contributed by atoms with Crippen molar-refractivity contribution in [3.63, 3.8) is 0 Å². The van der Waals surface area contributed by atoms with Crippen LogP contribution in [0.1, 0.15) is 26.5 Å². The second-order valence-corrected chi connectivity index (χ2v) is 5.12. The second kappa shape index (κ2) is 5.52. The molecule has 1 aliphatic heterocycles. The zero-order valence-electron chi connectivity index (χ0n) is 11.6. The van der Waals surface area contributed by atoms with Gasteiger partial charge in [0.25, 0.3) is 0 Å². The number of nitrogens with one attached hydrogen (secondary N) is 1. The summed E-state index contributed by atoms with van der Waals surface area (Å²) in [5.74, 6) is 1.44. The van der Waals surface area contributed by atoms with E-state index in [-0.39, 0.29) is 6.10 Å². The van der Waals surface area contributed by atoms with Crippen LogP contribution in [0.2, 0.25) is 0 Å². The minimum absolute atomic E-state index is 0.133. The van der Waals surface area contributed by atoms with Gasteiger partial charge in [-0.3, -0.25) is 0 Å². The lowest BCUT2D eigenvalue weighted by Crippen LogP contribution is -2.49. The van der Waals surface area contributed by atoms with E-state index in [0.29, 0.717) is 11.9 Å². The van der Waals surface area contributed by atoms with Crippen molar-refractivity contribution >= 4 is 5.95 Å². The van der Waals surface area contributed by atoms with Crippen LogP contribution in [0.15, 0.2) is 6.07 Å². The van der Waals surface area contributed by atoms with Crippen LogP contribution in [-0.2, 0) is 0 Å². The van der Waals surface area contributed by atoms with Crippen LogP contribution in [0.5, 0.6) is 5.88 Å². The number of nitrogens with zero attached hydrogens (tertiary/aromatic N) is 3. The summed E-state index contributed by atoms with van der Waals surface area (Å²) in [5.41, 5.74) is 0.946. The summed E-state index contributed by atoms with van der Waals surface area (Å²) in [5, 5.41) is 3.41. The smallest absolute Gasteiger partial charge is 0.228 e. The Morgan fingerprint density at radius 1 is 1.44 bits per heavy atom. The molecule has 18 heavy (non-hydrogen) atoms. The minimum atomic E-state index is 0.133. The fraction of sp³-hybridized carbons (Fsp3) is 0.692. The molecule has 1 aromatic heterocycles. The maximum atomic E-state index is 5.66. The van der Waals surface area contributed by atoms with E-state index in [2.05, 4.69) is 27.1 Å². The summed E-state index contributed by atoms with van der Waals surface area (Å²) in [4.78, 5) is 11.2. The molecular weight excluding hydrogens is 228 g/mol. The van der Waals surface area contributed by atoms with Crippen LogP contribution in [0.4, 0.5) is 5.95 Å². The Hall–Kier alpha value is -1.36. The van der Waals surface area contributed by atoms with Crippen LogP contribution in [-0.4, -0.2) is 41.7 Å². The third kappa shape index (κ3) is 3.32. The van der Waals surface area contributed by atoms with E-state index < -0.39 is 0 Å². The quantitative estimate of drug-likeness (QED) is 0.878. The Bertz CT molecular complexity index is 408. The maximum absolute atomic E-state index is 5.66. The summed E-state index contributed by atoms with van der Waals surface area (Å²) in [6, 6.07) is 2.35. The molecule has 5 heteroatoms. The monoisotopic (exact) mass is 250 g/mol. The van der Waals surface area contributed by atoms with Crippen molar-refractivity contribution in [1.82, 2.24) is 15.3 Å². The highest BCUT2D eigenvalue weighted by Crippen LogP contribution is 2.17. The fourth-order valence-corrected chi connectivity index (χ4v) is 2.08. The highest BCUT2D eigenvalue weighted by atomic mass is 16.5. The molecule has 100 valence electrons. The molecule has 5 nitrogen and oxygen atoms in total. The Labute approximate surface area is 109 Å². The molecule has 0 aliphatic carbocycles. The molecule has 2 heterocycles. The van der Waals surface area contributed by atoms with Crippen molar-refractivity contribution in [1.29, 1.82) is 0 Å². The normalized spacial score (nSPS) is 20.3. The molecule has 0 spiro atoms. The SMILES string of the molecule is Cc1cc(OC(C)C)nc(N2CCNC(C)C2)n1. The molecule has 1 N–H and O–H groups in total. The van der Waals surface area contributed by atoms with Crippen LogP contribution in [0, 0.1) is 6.92 Å². The zero-order valence-corrected chi connectivity index (χ0v) is 11.6. The van der Waals surface area contributed by atoms with Crippen molar-refractivity contribution in [2.45, 2.75) is 39.8 Å². The molecule has 1 fully saturated rings. The Kier molecular flexibility index (Phi) is 4.01. The average Bonchev–Trinajstić information content (AvgIpc) is 2.27. The molecule has 1 atom stereocenters. The third-order valence-corrected chi connectivity index (χ3v) is 2.83. The second-order valence-electron chi connectivity index (χ2n) is 5.12. The standard InChI is InChI=1S/C13H22N4O/c1-9(2)18-12-7-10(3)15-13(16-12)17-6-5-14-11(4)8-17/h7,9,11,14H,5-6,8H2,1-4H3. The highest BCUT2D eigenvalue weighted by molar-refractivity contribution is 5.35. The van der Waals surface area contributed by atoms with E-state index in [1.807, 2.05) is 26.8 Å². The first-order valence-corrected chi connectivity index (χ1v) is 6.55. The van der Waals surface area contributed by atoms with Gasteiger partial charge in [-0.25, -0.2) is 4.98 Å². The van der Waals surface area contributed by atoms with Crippen molar-refractivity contribution in [2.24, 2.45) is 0 Å². The van der Waals surface area contributed by atoms with Crippen molar-refractivity contribution in [3.05, 3.63) is 11.8 Å². The molecule has 0 aromatic carbocycles. The third-order valence-electron chi connectivity index (χ3n) is 2.83. The molecule has 0 amide bonds. The molecule has 0 bridgehead atoms. The number of ether oxygens (including phenoxy) is 1. The largest absolute Gasteiger partial charge is 0.475 e. The van der Waals surface area contributed by atoms with Gasteiger partial charge in [0.15, 0.2) is 0 Å². The van der Waals surface area contributed by atoms with Gasteiger partial charge in [-0.1, -0.05) is 0 Å². The summed E-state index contributed by atoms with van der Waals surface area (Å²) >= 11 is 0. The molecule has 1 saturated heterocycles. The Balaban J connectivity index is 2.18. The van der Waals surface area contributed by atoms with Gasteiger partial charge < -0.3 is 15.0 Å². The van der Waals surface area contributed by atoms with Gasteiger partial charge in [0.1, 0.15) is 0 Å². The van der Waals surface area contributed by atoms with Gasteiger partial charge in [0.2, 0.25) is 11.8 Å². The summed E-state index contributed by atoms with van der Waals surface area (Å²) in [6.07, 6.45) is 0.133. The molecule has 1 unspecified atom stereocenters. The van der Waals surface area contributed by atoms with E-state index in [9.17, 15) is 0 Å². The summed E-state index contributed by atoms with van der Waals surface area (Å²) in [6.45, 7) is 11.0. The first-order chi connectivity index (χ1) is 8.54. The minimum Gasteiger partial charge on any atom is -0.475 e. The van der Waals surface area contributed by atoms with Crippen LogP contribution < -0.4 is 15.0 Å². The lowest BCUT2D eigenvalue weighted by Gasteiger charge is -2.32. The number of anilines is 1. The highest BCUT2D eigenvalue weighted by Gasteiger charge is 2.19. The van der Waals surface area contributed by atoms with E-state index in [4.69, 9.17) is 4.74 Å². The Morgan fingerprint density at radius 2 is 2.22 bits per heavy atom. The lowest BCUT2D eigenvalue weighted by atomic mass is 10.2.